The predicted molar refractivity (Wildman–Crippen MR) is 92.7 cm³/mol. The van der Waals surface area contributed by atoms with Crippen LogP contribution in [0, 0.1) is 6.92 Å². The number of carbonyl (C=O) groups is 1. The number of hydrogen-bond donors (Lipinski definition) is 3. The Balaban J connectivity index is 0.000000140. The zero-order valence-electron chi connectivity index (χ0n) is 12.8. The first-order chi connectivity index (χ1) is 11.1. The van der Waals surface area contributed by atoms with Crippen LogP contribution < -0.4 is 0 Å². The second-order valence-electron chi connectivity index (χ2n) is 5.45. The number of benzene rings is 2. The molecule has 23 heavy (non-hydrogen) atoms. The molecule has 0 aliphatic heterocycles. The van der Waals surface area contributed by atoms with Crippen molar-refractivity contribution in [2.45, 2.75) is 13.3 Å². The van der Waals surface area contributed by atoms with Gasteiger partial charge in [-0.3, -0.25) is 4.79 Å². The number of aromatic amines is 2. The highest BCUT2D eigenvalue weighted by atomic mass is 16.4. The van der Waals surface area contributed by atoms with Gasteiger partial charge in [0, 0.05) is 34.2 Å². The Morgan fingerprint density at radius 1 is 0.913 bits per heavy atom. The summed E-state index contributed by atoms with van der Waals surface area (Å²) in [6, 6.07) is 16.0. The molecule has 4 heteroatoms. The summed E-state index contributed by atoms with van der Waals surface area (Å²) >= 11 is 0. The molecule has 3 N–H and O–H groups in total. The monoisotopic (exact) mass is 306 g/mol. The number of nitrogens with one attached hydrogen (secondary N) is 2. The van der Waals surface area contributed by atoms with E-state index in [0.29, 0.717) is 0 Å². The van der Waals surface area contributed by atoms with Crippen LogP contribution >= 0.6 is 0 Å². The smallest absolute Gasteiger partial charge is 0.307 e. The van der Waals surface area contributed by atoms with Crippen molar-refractivity contribution >= 4 is 27.8 Å². The number of aryl methyl sites for hydroxylation is 1. The Kier molecular flexibility index (Phi) is 4.15. The molecule has 0 aliphatic carbocycles. The van der Waals surface area contributed by atoms with Gasteiger partial charge in [0.05, 0.1) is 6.42 Å². The molecule has 0 amide bonds. The fourth-order valence-corrected chi connectivity index (χ4v) is 2.66. The molecule has 2 aromatic heterocycles. The molecule has 0 aliphatic rings. The van der Waals surface area contributed by atoms with Crippen LogP contribution in [0.25, 0.3) is 21.8 Å². The summed E-state index contributed by atoms with van der Waals surface area (Å²) in [6.45, 7) is 2.11. The van der Waals surface area contributed by atoms with E-state index in [4.69, 9.17) is 5.11 Å². The van der Waals surface area contributed by atoms with Crippen LogP contribution in [0.3, 0.4) is 0 Å². The topological polar surface area (TPSA) is 68.9 Å². The summed E-state index contributed by atoms with van der Waals surface area (Å²) in [5.41, 5.74) is 4.36. The number of hydrogen-bond acceptors (Lipinski definition) is 1. The zero-order chi connectivity index (χ0) is 16.2. The Morgan fingerprint density at radius 2 is 1.48 bits per heavy atom. The number of para-hydroxylation sites is 2. The highest BCUT2D eigenvalue weighted by Crippen LogP contribution is 2.18. The summed E-state index contributed by atoms with van der Waals surface area (Å²) in [4.78, 5) is 16.7. The second-order valence-corrected chi connectivity index (χ2v) is 5.45. The van der Waals surface area contributed by atoms with Gasteiger partial charge in [-0.1, -0.05) is 36.4 Å². The van der Waals surface area contributed by atoms with E-state index in [9.17, 15) is 4.79 Å². The molecular formula is C19H18N2O2. The summed E-state index contributed by atoms with van der Waals surface area (Å²) in [5, 5.41) is 10.9. The first-order valence-electron chi connectivity index (χ1n) is 7.44. The maximum atomic E-state index is 10.5. The van der Waals surface area contributed by atoms with Crippen molar-refractivity contribution in [1.82, 2.24) is 9.97 Å². The molecule has 0 atom stereocenters. The first kappa shape index (κ1) is 14.9. The third-order valence-corrected chi connectivity index (χ3v) is 3.81. The molecule has 4 nitrogen and oxygen atoms in total. The molecule has 2 heterocycles. The van der Waals surface area contributed by atoms with E-state index in [1.54, 1.807) is 6.20 Å². The molecule has 0 spiro atoms. The van der Waals surface area contributed by atoms with Gasteiger partial charge in [-0.2, -0.15) is 0 Å². The third-order valence-electron chi connectivity index (χ3n) is 3.81. The second kappa shape index (κ2) is 6.40. The molecule has 4 rings (SSSR count). The van der Waals surface area contributed by atoms with Gasteiger partial charge < -0.3 is 15.1 Å². The summed E-state index contributed by atoms with van der Waals surface area (Å²) in [6.07, 6.45) is 3.85. The molecule has 0 bridgehead atoms. The van der Waals surface area contributed by atoms with Gasteiger partial charge in [0.15, 0.2) is 0 Å². The number of aromatic nitrogens is 2. The van der Waals surface area contributed by atoms with Crippen LogP contribution in [-0.2, 0) is 11.2 Å². The maximum Gasteiger partial charge on any atom is 0.307 e. The van der Waals surface area contributed by atoms with Gasteiger partial charge in [0.1, 0.15) is 0 Å². The Bertz CT molecular complexity index is 950. The molecule has 0 radical (unpaired) electrons. The summed E-state index contributed by atoms with van der Waals surface area (Å²) in [7, 11) is 0. The van der Waals surface area contributed by atoms with Gasteiger partial charge in [-0.25, -0.2) is 0 Å². The van der Waals surface area contributed by atoms with E-state index in [1.165, 1.54) is 16.5 Å². The van der Waals surface area contributed by atoms with Gasteiger partial charge >= 0.3 is 5.97 Å². The van der Waals surface area contributed by atoms with Crippen LogP contribution in [0.2, 0.25) is 0 Å². The molecule has 0 saturated heterocycles. The average molecular weight is 306 g/mol. The standard InChI is InChI=1S/C10H9NO2.C9H9N/c12-10(13)5-7-6-11-9-4-2-1-3-8(7)9;1-7-6-10-9-5-3-2-4-8(7)9/h1-4,6,11H,5H2,(H,12,13);2-6,10H,1H3. The van der Waals surface area contributed by atoms with Crippen molar-refractivity contribution in [2.75, 3.05) is 0 Å². The van der Waals surface area contributed by atoms with Crippen LogP contribution in [0.1, 0.15) is 11.1 Å². The van der Waals surface area contributed by atoms with Crippen LogP contribution in [0.15, 0.2) is 60.9 Å². The Labute approximate surface area is 133 Å². The van der Waals surface area contributed by atoms with Crippen LogP contribution in [0.4, 0.5) is 0 Å². The lowest BCUT2D eigenvalue weighted by Gasteiger charge is -1.92. The average Bonchev–Trinajstić information content (AvgIpc) is 3.13. The number of aliphatic carboxylic acids is 1. The molecule has 2 aromatic carbocycles. The van der Waals surface area contributed by atoms with Crippen molar-refractivity contribution in [3.05, 3.63) is 72.1 Å². The largest absolute Gasteiger partial charge is 0.481 e. The van der Waals surface area contributed by atoms with Gasteiger partial charge in [-0.15, -0.1) is 0 Å². The van der Waals surface area contributed by atoms with E-state index in [0.717, 1.165) is 16.5 Å². The lowest BCUT2D eigenvalue weighted by molar-refractivity contribution is -0.136. The highest BCUT2D eigenvalue weighted by Gasteiger charge is 2.05. The minimum atomic E-state index is -0.801. The van der Waals surface area contributed by atoms with Crippen molar-refractivity contribution in [1.29, 1.82) is 0 Å². The molecule has 0 fully saturated rings. The van der Waals surface area contributed by atoms with E-state index in [1.807, 2.05) is 36.5 Å². The first-order valence-corrected chi connectivity index (χ1v) is 7.44. The van der Waals surface area contributed by atoms with Crippen LogP contribution in [0.5, 0.6) is 0 Å². The van der Waals surface area contributed by atoms with Gasteiger partial charge in [-0.05, 0) is 30.2 Å². The Hall–Kier alpha value is -3.01. The van der Waals surface area contributed by atoms with E-state index < -0.39 is 5.97 Å². The predicted octanol–water partition coefficient (Wildman–Crippen LogP) is 4.27. The molecule has 0 saturated carbocycles. The number of carboxylic acid groups (broad SMARTS) is 1. The third kappa shape index (κ3) is 3.26. The number of rotatable bonds is 2. The summed E-state index contributed by atoms with van der Waals surface area (Å²) < 4.78 is 0. The lowest BCUT2D eigenvalue weighted by atomic mass is 10.1. The lowest BCUT2D eigenvalue weighted by Crippen LogP contribution is -1.98. The molecular weight excluding hydrogens is 288 g/mol. The quantitative estimate of drug-likeness (QED) is 0.517. The van der Waals surface area contributed by atoms with E-state index >= 15 is 0 Å². The Morgan fingerprint density at radius 3 is 2.13 bits per heavy atom. The highest BCUT2D eigenvalue weighted by molar-refractivity contribution is 5.86. The number of H-pyrrole nitrogens is 2. The zero-order valence-corrected chi connectivity index (χ0v) is 12.8. The normalized spacial score (nSPS) is 10.5. The SMILES string of the molecule is Cc1c[nH]c2ccccc12.O=C(O)Cc1c[nH]c2ccccc12. The maximum absolute atomic E-state index is 10.5. The number of carboxylic acids is 1. The van der Waals surface area contributed by atoms with Gasteiger partial charge in [0.2, 0.25) is 0 Å². The molecule has 116 valence electrons. The van der Waals surface area contributed by atoms with Crippen molar-refractivity contribution in [2.24, 2.45) is 0 Å². The minimum absolute atomic E-state index is 0.0734. The van der Waals surface area contributed by atoms with Crippen molar-refractivity contribution < 1.29 is 9.90 Å². The molecule has 0 unspecified atom stereocenters. The fraction of sp³-hybridized carbons (Fsp3) is 0.105. The number of fused-ring (bicyclic) bond motifs is 2. The van der Waals surface area contributed by atoms with E-state index in [2.05, 4.69) is 35.1 Å². The molecule has 4 aromatic rings. The van der Waals surface area contributed by atoms with Crippen molar-refractivity contribution in [3.63, 3.8) is 0 Å². The van der Waals surface area contributed by atoms with Crippen LogP contribution in [-0.4, -0.2) is 21.0 Å². The minimum Gasteiger partial charge on any atom is -0.481 e. The van der Waals surface area contributed by atoms with Crippen molar-refractivity contribution in [3.8, 4) is 0 Å². The fourth-order valence-electron chi connectivity index (χ4n) is 2.66. The van der Waals surface area contributed by atoms with Gasteiger partial charge in [0.25, 0.3) is 0 Å². The summed E-state index contributed by atoms with van der Waals surface area (Å²) in [5.74, 6) is -0.801. The van der Waals surface area contributed by atoms with E-state index in [-0.39, 0.29) is 6.42 Å².